The fourth-order valence-electron chi connectivity index (χ4n) is 3.24. The maximum Gasteiger partial charge on any atom is 0.0717 e. The van der Waals surface area contributed by atoms with Crippen LogP contribution in [0.3, 0.4) is 0 Å². The van der Waals surface area contributed by atoms with Crippen LogP contribution in [0.15, 0.2) is 59.5 Å². The molecule has 4 heteroatoms. The Labute approximate surface area is 152 Å². The van der Waals surface area contributed by atoms with E-state index in [0.29, 0.717) is 19.0 Å². The quantitative estimate of drug-likeness (QED) is 0.782. The summed E-state index contributed by atoms with van der Waals surface area (Å²) in [5, 5.41) is 10.5. The minimum Gasteiger partial charge on any atom is -0.392 e. The highest BCUT2D eigenvalue weighted by molar-refractivity contribution is 7.85. The van der Waals surface area contributed by atoms with E-state index in [1.54, 1.807) is 0 Å². The first-order valence-corrected chi connectivity index (χ1v) is 10.0. The summed E-state index contributed by atoms with van der Waals surface area (Å²) in [6, 6.07) is 17.8. The molecule has 2 aromatic carbocycles. The van der Waals surface area contributed by atoms with E-state index in [2.05, 4.69) is 6.92 Å². The van der Waals surface area contributed by atoms with Crippen molar-refractivity contribution < 1.29 is 14.1 Å². The summed E-state index contributed by atoms with van der Waals surface area (Å²) in [4.78, 5) is 0.785. The molecule has 0 amide bonds. The van der Waals surface area contributed by atoms with E-state index in [4.69, 9.17) is 4.74 Å². The molecule has 1 aliphatic carbocycles. The molecule has 1 unspecified atom stereocenters. The Morgan fingerprint density at radius 1 is 1.20 bits per heavy atom. The average molecular weight is 359 g/mol. The van der Waals surface area contributed by atoms with Gasteiger partial charge < -0.3 is 9.84 Å². The maximum atomic E-state index is 12.4. The number of hydrogen-bond donors (Lipinski definition) is 1. The van der Waals surface area contributed by atoms with E-state index in [0.717, 1.165) is 22.4 Å². The standard InChI is InChI=1S/C21H26O3S/c1-16-8-10-18(11-9-16)25(23)14-20(22)19-12-21(19,2)15-24-13-17-6-4-3-5-7-17/h3-11,19-20,22H,12-15H2,1-2H3/t19-,20+,21-,25?/m0/s1. The highest BCUT2D eigenvalue weighted by atomic mass is 32.2. The van der Waals surface area contributed by atoms with Gasteiger partial charge in [0.05, 0.1) is 35.9 Å². The number of benzene rings is 2. The number of aliphatic hydroxyl groups is 1. The Morgan fingerprint density at radius 2 is 1.88 bits per heavy atom. The maximum absolute atomic E-state index is 12.4. The fourth-order valence-corrected chi connectivity index (χ4v) is 4.42. The molecule has 1 fully saturated rings. The van der Waals surface area contributed by atoms with E-state index in [1.807, 2.05) is 61.5 Å². The van der Waals surface area contributed by atoms with E-state index >= 15 is 0 Å². The second-order valence-electron chi connectivity index (χ2n) is 7.34. The molecule has 25 heavy (non-hydrogen) atoms. The van der Waals surface area contributed by atoms with Gasteiger partial charge in [-0.3, -0.25) is 4.21 Å². The Hall–Kier alpha value is -1.49. The molecule has 4 atom stereocenters. The van der Waals surface area contributed by atoms with Crippen molar-refractivity contribution in [1.82, 2.24) is 0 Å². The molecule has 1 aliphatic rings. The molecule has 0 heterocycles. The van der Waals surface area contributed by atoms with Crippen molar-refractivity contribution in [2.24, 2.45) is 11.3 Å². The summed E-state index contributed by atoms with van der Waals surface area (Å²) in [6.07, 6.45) is 0.376. The molecule has 0 spiro atoms. The lowest BCUT2D eigenvalue weighted by molar-refractivity contribution is 0.0634. The minimum atomic E-state index is -1.16. The van der Waals surface area contributed by atoms with Crippen LogP contribution < -0.4 is 0 Å². The van der Waals surface area contributed by atoms with Gasteiger partial charge in [0.25, 0.3) is 0 Å². The highest BCUT2D eigenvalue weighted by Gasteiger charge is 2.53. The molecular weight excluding hydrogens is 332 g/mol. The summed E-state index contributed by atoms with van der Waals surface area (Å²) >= 11 is 0. The van der Waals surface area contributed by atoms with Gasteiger partial charge in [0.1, 0.15) is 0 Å². The van der Waals surface area contributed by atoms with Crippen molar-refractivity contribution in [1.29, 1.82) is 0 Å². The number of rotatable bonds is 8. The number of aliphatic hydroxyl groups excluding tert-OH is 1. The van der Waals surface area contributed by atoms with Crippen molar-refractivity contribution in [3.8, 4) is 0 Å². The zero-order valence-corrected chi connectivity index (χ0v) is 15.7. The Kier molecular flexibility index (Phi) is 5.72. The third kappa shape index (κ3) is 4.78. The molecule has 0 saturated heterocycles. The van der Waals surface area contributed by atoms with Crippen LogP contribution in [0, 0.1) is 18.3 Å². The van der Waals surface area contributed by atoms with Gasteiger partial charge in [0, 0.05) is 4.90 Å². The summed E-state index contributed by atoms with van der Waals surface area (Å²) in [7, 11) is -1.16. The van der Waals surface area contributed by atoms with Crippen molar-refractivity contribution in [2.75, 3.05) is 12.4 Å². The van der Waals surface area contributed by atoms with Gasteiger partial charge in [0.15, 0.2) is 0 Å². The molecule has 3 nitrogen and oxygen atoms in total. The van der Waals surface area contributed by atoms with Gasteiger partial charge in [-0.15, -0.1) is 0 Å². The van der Waals surface area contributed by atoms with Crippen LogP contribution in [0.4, 0.5) is 0 Å². The number of aryl methyl sites for hydroxylation is 1. The van der Waals surface area contributed by atoms with E-state index < -0.39 is 16.9 Å². The van der Waals surface area contributed by atoms with Gasteiger partial charge in [0.2, 0.25) is 0 Å². The monoisotopic (exact) mass is 358 g/mol. The molecule has 0 bridgehead atoms. The second-order valence-corrected chi connectivity index (χ2v) is 8.83. The zero-order chi connectivity index (χ0) is 17.9. The highest BCUT2D eigenvalue weighted by Crippen LogP contribution is 2.54. The van der Waals surface area contributed by atoms with Crippen molar-refractivity contribution in [3.05, 3.63) is 65.7 Å². The van der Waals surface area contributed by atoms with Crippen LogP contribution in [-0.4, -0.2) is 27.8 Å². The lowest BCUT2D eigenvalue weighted by Gasteiger charge is -2.16. The lowest BCUT2D eigenvalue weighted by atomic mass is 10.1. The van der Waals surface area contributed by atoms with E-state index in [1.165, 1.54) is 0 Å². The minimum absolute atomic E-state index is 0.00826. The van der Waals surface area contributed by atoms with Crippen molar-refractivity contribution in [3.63, 3.8) is 0 Å². The Bertz CT molecular complexity index is 714. The van der Waals surface area contributed by atoms with Crippen molar-refractivity contribution in [2.45, 2.75) is 37.9 Å². The van der Waals surface area contributed by atoms with Crippen LogP contribution in [-0.2, 0) is 22.1 Å². The SMILES string of the molecule is Cc1ccc(S(=O)C[C@@H](O)[C@@H]2C[C@@]2(C)COCc2ccccc2)cc1. The van der Waals surface area contributed by atoms with Crippen molar-refractivity contribution >= 4 is 10.8 Å². The first-order chi connectivity index (χ1) is 12.0. The van der Waals surface area contributed by atoms with Crippen LogP contribution in [0.1, 0.15) is 24.5 Å². The van der Waals surface area contributed by atoms with Gasteiger partial charge in [-0.25, -0.2) is 0 Å². The fraction of sp³-hybridized carbons (Fsp3) is 0.429. The van der Waals surface area contributed by atoms with Crippen LogP contribution >= 0.6 is 0 Å². The van der Waals surface area contributed by atoms with Gasteiger partial charge in [-0.2, -0.15) is 0 Å². The average Bonchev–Trinajstić information content (AvgIpc) is 3.28. The number of ether oxygens (including phenoxy) is 1. The second kappa shape index (κ2) is 7.81. The topological polar surface area (TPSA) is 46.5 Å². The Balaban J connectivity index is 1.46. The summed E-state index contributed by atoms with van der Waals surface area (Å²) in [5.74, 6) is 0.458. The molecule has 134 valence electrons. The summed E-state index contributed by atoms with van der Waals surface area (Å²) < 4.78 is 18.3. The third-order valence-corrected chi connectivity index (χ3v) is 6.48. The van der Waals surface area contributed by atoms with Gasteiger partial charge in [-0.05, 0) is 42.4 Å². The number of hydrogen-bond acceptors (Lipinski definition) is 3. The first-order valence-electron chi connectivity index (χ1n) is 8.73. The van der Waals surface area contributed by atoms with Crippen LogP contribution in [0.5, 0.6) is 0 Å². The molecule has 0 aromatic heterocycles. The van der Waals surface area contributed by atoms with Crippen LogP contribution in [0.2, 0.25) is 0 Å². The molecule has 3 rings (SSSR count). The van der Waals surface area contributed by atoms with E-state index in [9.17, 15) is 9.32 Å². The summed E-state index contributed by atoms with van der Waals surface area (Å²) in [5.41, 5.74) is 2.29. The molecular formula is C21H26O3S. The lowest BCUT2D eigenvalue weighted by Crippen LogP contribution is -2.23. The largest absolute Gasteiger partial charge is 0.392 e. The molecule has 0 aliphatic heterocycles. The van der Waals surface area contributed by atoms with Gasteiger partial charge in [-0.1, -0.05) is 55.0 Å². The van der Waals surface area contributed by atoms with E-state index in [-0.39, 0.29) is 11.3 Å². The smallest absolute Gasteiger partial charge is 0.0717 e. The molecule has 2 aromatic rings. The predicted molar refractivity (Wildman–Crippen MR) is 101 cm³/mol. The first kappa shape index (κ1) is 18.3. The Morgan fingerprint density at radius 3 is 2.56 bits per heavy atom. The zero-order valence-electron chi connectivity index (χ0n) is 14.9. The molecule has 0 radical (unpaired) electrons. The third-order valence-electron chi connectivity index (χ3n) is 5.04. The molecule has 1 N–H and O–H groups in total. The summed E-state index contributed by atoms with van der Waals surface area (Å²) in [6.45, 7) is 5.36. The predicted octanol–water partition coefficient (Wildman–Crippen LogP) is 3.71. The van der Waals surface area contributed by atoms with Gasteiger partial charge >= 0.3 is 0 Å². The molecule has 1 saturated carbocycles. The normalized spacial score (nSPS) is 24.7. The van der Waals surface area contributed by atoms with Crippen LogP contribution in [0.25, 0.3) is 0 Å².